The summed E-state index contributed by atoms with van der Waals surface area (Å²) in [5.41, 5.74) is -0.0224. The number of aryl methyl sites for hydroxylation is 1. The summed E-state index contributed by atoms with van der Waals surface area (Å²) in [4.78, 5) is 22.6. The van der Waals surface area contributed by atoms with Crippen LogP contribution in [0.3, 0.4) is 0 Å². The summed E-state index contributed by atoms with van der Waals surface area (Å²) in [6.45, 7) is 14.9. The maximum atomic E-state index is 11.9. The van der Waals surface area contributed by atoms with E-state index >= 15 is 0 Å². The van der Waals surface area contributed by atoms with Crippen LogP contribution >= 0.6 is 22.6 Å². The molecule has 11 nitrogen and oxygen atoms in total. The quantitative estimate of drug-likeness (QED) is 0.0778. The van der Waals surface area contributed by atoms with Crippen LogP contribution in [0.5, 0.6) is 0 Å². The summed E-state index contributed by atoms with van der Waals surface area (Å²) >= 11 is 2.23. The van der Waals surface area contributed by atoms with Gasteiger partial charge >= 0.3 is 41.7 Å². The van der Waals surface area contributed by atoms with Crippen molar-refractivity contribution in [2.24, 2.45) is 0 Å². The third-order valence-electron chi connectivity index (χ3n) is 3.83. The number of nitrogens with one attached hydrogen (secondary N) is 2. The summed E-state index contributed by atoms with van der Waals surface area (Å²) in [5.74, 6) is 0. The molecule has 0 heterocycles. The SMILES string of the molecule is CC(C)(C)OC(=O)NCCOCCI.Cc1ccc(S(=O)(=O)OCCOCCNC(=O)OC(C)(C)C)cc1.[I-].[Na+]. The Morgan fingerprint density at radius 2 is 1.20 bits per heavy atom. The Labute approximate surface area is 292 Å². The van der Waals surface area contributed by atoms with Crippen LogP contribution in [0.25, 0.3) is 0 Å². The summed E-state index contributed by atoms with van der Waals surface area (Å²) < 4.78 is 50.1. The number of hydrogen-bond donors (Lipinski definition) is 2. The molecule has 0 radical (unpaired) electrons. The average Bonchev–Trinajstić information content (AvgIpc) is 2.76. The van der Waals surface area contributed by atoms with E-state index in [4.69, 9.17) is 23.1 Å². The van der Waals surface area contributed by atoms with Crippen molar-refractivity contribution in [2.45, 2.75) is 64.6 Å². The van der Waals surface area contributed by atoms with Gasteiger partial charge in [-0.15, -0.1) is 0 Å². The van der Waals surface area contributed by atoms with E-state index in [1.54, 1.807) is 32.9 Å². The van der Waals surface area contributed by atoms with Gasteiger partial charge < -0.3 is 53.6 Å². The molecule has 40 heavy (non-hydrogen) atoms. The van der Waals surface area contributed by atoms with Crippen LogP contribution in [0.4, 0.5) is 9.59 Å². The molecule has 0 fully saturated rings. The Balaban J connectivity index is -0.000000740. The Bertz CT molecular complexity index is 924. The van der Waals surface area contributed by atoms with Crippen molar-refractivity contribution >= 4 is 44.9 Å². The minimum absolute atomic E-state index is 0. The summed E-state index contributed by atoms with van der Waals surface area (Å²) in [6, 6.07) is 6.40. The molecule has 0 aliphatic heterocycles. The van der Waals surface area contributed by atoms with Gasteiger partial charge in [0, 0.05) is 17.5 Å². The number of carbonyl (C=O) groups excluding carboxylic acids is 2. The van der Waals surface area contributed by atoms with Crippen molar-refractivity contribution in [3.63, 3.8) is 0 Å². The van der Waals surface area contributed by atoms with Gasteiger partial charge in [-0.3, -0.25) is 4.18 Å². The largest absolute Gasteiger partial charge is 1.00 e. The Morgan fingerprint density at radius 1 is 0.775 bits per heavy atom. The van der Waals surface area contributed by atoms with Crippen LogP contribution in [0.2, 0.25) is 0 Å². The molecule has 0 aromatic heterocycles. The van der Waals surface area contributed by atoms with Crippen LogP contribution in [0, 0.1) is 6.92 Å². The second-order valence-corrected chi connectivity index (χ2v) is 12.6. The molecule has 0 unspecified atom stereocenters. The number of amides is 2. The molecule has 1 aromatic rings. The molecular weight excluding hydrogens is 781 g/mol. The van der Waals surface area contributed by atoms with Crippen LogP contribution in [-0.2, 0) is 33.2 Å². The third-order valence-corrected chi connectivity index (χ3v) is 5.59. The first kappa shape index (κ1) is 44.5. The second-order valence-electron chi connectivity index (χ2n) is 9.86. The molecule has 1 aromatic carbocycles. The zero-order valence-corrected chi connectivity index (χ0v) is 31.9. The second kappa shape index (κ2) is 23.5. The summed E-state index contributed by atoms with van der Waals surface area (Å²) in [6.07, 6.45) is -0.917. The van der Waals surface area contributed by atoms with Gasteiger partial charge in [-0.2, -0.15) is 8.42 Å². The number of benzene rings is 1. The number of carbonyl (C=O) groups is 2. The molecule has 0 saturated carbocycles. The normalized spacial score (nSPS) is 11.1. The Morgan fingerprint density at radius 3 is 1.60 bits per heavy atom. The smallest absolute Gasteiger partial charge is 1.00 e. The van der Waals surface area contributed by atoms with Crippen molar-refractivity contribution < 1.29 is 94.7 Å². The first-order chi connectivity index (χ1) is 17.6. The first-order valence-corrected chi connectivity index (χ1v) is 15.1. The molecular formula is C25H43I2N2NaO9S. The van der Waals surface area contributed by atoms with E-state index < -0.39 is 33.5 Å². The topological polar surface area (TPSA) is 138 Å². The molecule has 1 rings (SSSR count). The third kappa shape index (κ3) is 26.9. The van der Waals surface area contributed by atoms with Gasteiger partial charge in [0.2, 0.25) is 0 Å². The number of alkyl halides is 1. The van der Waals surface area contributed by atoms with Gasteiger partial charge in [-0.1, -0.05) is 40.3 Å². The minimum atomic E-state index is -3.77. The average molecular weight is 824 g/mol. The molecule has 0 aliphatic rings. The van der Waals surface area contributed by atoms with E-state index in [0.717, 1.165) is 16.6 Å². The van der Waals surface area contributed by atoms with E-state index in [2.05, 4.69) is 33.2 Å². The van der Waals surface area contributed by atoms with E-state index in [1.807, 2.05) is 27.7 Å². The van der Waals surface area contributed by atoms with Crippen molar-refractivity contribution in [1.82, 2.24) is 10.6 Å². The fourth-order valence-electron chi connectivity index (χ4n) is 2.31. The van der Waals surface area contributed by atoms with Crippen molar-refractivity contribution in [1.29, 1.82) is 0 Å². The van der Waals surface area contributed by atoms with E-state index in [1.165, 1.54) is 12.1 Å². The molecule has 0 aliphatic carbocycles. The van der Waals surface area contributed by atoms with Crippen LogP contribution in [-0.4, -0.2) is 82.4 Å². The molecule has 2 amide bonds. The Kier molecular flexibility index (Phi) is 26.1. The zero-order chi connectivity index (χ0) is 29.2. The zero-order valence-electron chi connectivity index (χ0n) is 24.8. The molecule has 0 bridgehead atoms. The minimum Gasteiger partial charge on any atom is -1.00 e. The number of halogens is 2. The molecule has 0 saturated heterocycles. The Hall–Kier alpha value is 0.0500. The van der Waals surface area contributed by atoms with Gasteiger partial charge in [0.1, 0.15) is 11.2 Å². The van der Waals surface area contributed by atoms with Crippen molar-refractivity contribution in [2.75, 3.05) is 50.6 Å². The van der Waals surface area contributed by atoms with Gasteiger partial charge in [0.05, 0.1) is 37.9 Å². The molecule has 2 N–H and O–H groups in total. The van der Waals surface area contributed by atoms with Crippen LogP contribution in [0.1, 0.15) is 47.1 Å². The van der Waals surface area contributed by atoms with Gasteiger partial charge in [-0.25, -0.2) is 9.59 Å². The maximum absolute atomic E-state index is 11.9. The van der Waals surface area contributed by atoms with Gasteiger partial charge in [0.15, 0.2) is 0 Å². The van der Waals surface area contributed by atoms with Crippen LogP contribution < -0.4 is 64.2 Å². The number of ether oxygens (including phenoxy) is 4. The molecule has 15 heteroatoms. The monoisotopic (exact) mass is 824 g/mol. The van der Waals surface area contributed by atoms with E-state index in [9.17, 15) is 18.0 Å². The summed E-state index contributed by atoms with van der Waals surface area (Å²) in [5, 5.41) is 5.14. The van der Waals surface area contributed by atoms with Crippen molar-refractivity contribution in [3.8, 4) is 0 Å². The van der Waals surface area contributed by atoms with E-state index in [0.29, 0.717) is 13.2 Å². The standard InChI is InChI=1S/C16H25NO6S.C9H18INO3.HI.Na/c1-13-5-7-14(8-6-13)24(19,20)22-12-11-21-10-9-17-15(18)23-16(2,3)4;1-9(2,3)14-8(12)11-5-7-13-6-4-10;;/h5-8H,9-12H2,1-4H3,(H,17,18);4-7H2,1-3H3,(H,11,12);1H;/q;;;+1/p-1. The number of alkyl carbamates (subject to hydrolysis) is 2. The molecule has 0 spiro atoms. The van der Waals surface area contributed by atoms with Crippen LogP contribution in [0.15, 0.2) is 29.2 Å². The maximum Gasteiger partial charge on any atom is 1.00 e. The molecule has 0 atom stereocenters. The summed E-state index contributed by atoms with van der Waals surface area (Å²) in [7, 11) is -3.77. The fourth-order valence-corrected chi connectivity index (χ4v) is 3.52. The number of rotatable bonds is 13. The van der Waals surface area contributed by atoms with Crippen molar-refractivity contribution in [3.05, 3.63) is 29.8 Å². The predicted molar refractivity (Wildman–Crippen MR) is 153 cm³/mol. The van der Waals surface area contributed by atoms with E-state index in [-0.39, 0.29) is 84.8 Å². The predicted octanol–water partition coefficient (Wildman–Crippen LogP) is -1.79. The van der Waals surface area contributed by atoms with Gasteiger partial charge in [0.25, 0.3) is 10.1 Å². The number of hydrogen-bond acceptors (Lipinski definition) is 9. The first-order valence-electron chi connectivity index (χ1n) is 12.2. The molecule has 228 valence electrons. The fraction of sp³-hybridized carbons (Fsp3) is 0.680. The van der Waals surface area contributed by atoms with Gasteiger partial charge in [-0.05, 0) is 60.6 Å².